The van der Waals surface area contributed by atoms with E-state index in [1.165, 1.54) is 18.2 Å². The Morgan fingerprint density at radius 2 is 1.82 bits per heavy atom. The lowest BCUT2D eigenvalue weighted by Crippen LogP contribution is -2.39. The minimum Gasteiger partial charge on any atom is -0.490 e. The monoisotopic (exact) mass is 709 g/mol. The molecule has 0 spiro atoms. The molecule has 10 nitrogen and oxygen atoms in total. The van der Waals surface area contributed by atoms with E-state index < -0.39 is 11.4 Å². The third-order valence-electron chi connectivity index (χ3n) is 9.04. The van der Waals surface area contributed by atoms with Gasteiger partial charge in [0.05, 0.1) is 31.1 Å². The number of pyridine rings is 1. The van der Waals surface area contributed by atoms with Gasteiger partial charge in [-0.2, -0.15) is 5.10 Å². The van der Waals surface area contributed by atoms with E-state index in [0.717, 1.165) is 43.7 Å². The van der Waals surface area contributed by atoms with Gasteiger partial charge in [0, 0.05) is 59.6 Å². The first kappa shape index (κ1) is 34.4. The van der Waals surface area contributed by atoms with Crippen LogP contribution in [-0.2, 0) is 40.3 Å². The van der Waals surface area contributed by atoms with Crippen molar-refractivity contribution in [3.8, 4) is 39.5 Å². The van der Waals surface area contributed by atoms with Gasteiger partial charge in [0.15, 0.2) is 0 Å². The van der Waals surface area contributed by atoms with Crippen LogP contribution in [0.3, 0.4) is 0 Å². The van der Waals surface area contributed by atoms with Crippen molar-refractivity contribution < 1.29 is 28.2 Å². The van der Waals surface area contributed by atoms with E-state index in [0.29, 0.717) is 68.5 Å². The molecule has 0 unspecified atom stereocenters. The van der Waals surface area contributed by atoms with Crippen LogP contribution in [0.2, 0.25) is 0 Å². The molecule has 0 atom stereocenters. The van der Waals surface area contributed by atoms with Gasteiger partial charge in [0.1, 0.15) is 35.2 Å². The van der Waals surface area contributed by atoms with Crippen LogP contribution in [0, 0.1) is 5.82 Å². The number of carbonyl (C=O) groups is 2. The van der Waals surface area contributed by atoms with Gasteiger partial charge in [0.2, 0.25) is 5.91 Å². The second-order valence-electron chi connectivity index (χ2n) is 13.7. The Balaban J connectivity index is 1.36. The van der Waals surface area contributed by atoms with Crippen LogP contribution in [0.1, 0.15) is 37.6 Å². The maximum Gasteiger partial charge on any atom is 0.410 e. The highest BCUT2D eigenvalue weighted by atomic mass is 32.1. The molecule has 0 N–H and O–H groups in total. The molecule has 0 fully saturated rings. The first-order valence-corrected chi connectivity index (χ1v) is 17.8. The van der Waals surface area contributed by atoms with Gasteiger partial charge in [-0.25, -0.2) is 14.2 Å². The van der Waals surface area contributed by atoms with E-state index in [1.54, 1.807) is 34.3 Å². The second kappa shape index (κ2) is 13.9. The lowest BCUT2D eigenvalue weighted by atomic mass is 9.93. The normalized spacial score (nSPS) is 14.3. The molecule has 5 heterocycles. The Labute approximate surface area is 300 Å². The first-order valence-electron chi connectivity index (χ1n) is 16.9. The number of carbonyl (C=O) groups excluding carboxylic acids is 2. The molecule has 0 aliphatic carbocycles. The quantitative estimate of drug-likeness (QED) is 0.122. The summed E-state index contributed by atoms with van der Waals surface area (Å²) in [5.41, 5.74) is 7.02. The highest BCUT2D eigenvalue weighted by molar-refractivity contribution is 7.18. The Morgan fingerprint density at radius 3 is 2.61 bits per heavy atom. The predicted molar refractivity (Wildman–Crippen MR) is 195 cm³/mol. The fraction of sp³-hybridized carbons (Fsp3) is 0.333. The number of halogens is 1. The molecular weight excluding hydrogens is 670 g/mol. The molecule has 2 amide bonds. The molecule has 5 aromatic rings. The van der Waals surface area contributed by atoms with Crippen molar-refractivity contribution in [3.05, 3.63) is 89.2 Å². The fourth-order valence-electron chi connectivity index (χ4n) is 6.62. The number of thiophene rings is 1. The van der Waals surface area contributed by atoms with E-state index in [2.05, 4.69) is 30.8 Å². The Morgan fingerprint density at radius 1 is 0.980 bits per heavy atom. The highest BCUT2D eigenvalue weighted by Gasteiger charge is 2.29. The number of hydrogen-bond acceptors (Lipinski definition) is 8. The lowest BCUT2D eigenvalue weighted by Gasteiger charge is -2.31. The number of aromatic nitrogens is 3. The molecule has 2 aromatic carbocycles. The number of fused-ring (bicyclic) bond motifs is 3. The minimum atomic E-state index is -0.565. The van der Waals surface area contributed by atoms with Gasteiger partial charge in [-0.05, 0) is 80.1 Å². The summed E-state index contributed by atoms with van der Waals surface area (Å²) in [5, 5.41) is 7.99. The third-order valence-corrected chi connectivity index (χ3v) is 9.97. The summed E-state index contributed by atoms with van der Waals surface area (Å²) in [4.78, 5) is 34.2. The Bertz CT molecular complexity index is 2150. The molecule has 2 aliphatic rings. The first-order chi connectivity index (χ1) is 24.5. The molecule has 2 aliphatic heterocycles. The van der Waals surface area contributed by atoms with Crippen molar-refractivity contribution in [2.75, 3.05) is 33.4 Å². The topological polar surface area (TPSA) is 99.0 Å². The standard InChI is InChI=1S/C39H40FN5O5S/c1-6-33(46)43-14-15-45-28(23-43)21-31(42-45)36-34(29-10-9-27(40)20-32(29)49-17-16-48-5)37-30(12-18-51-37)35(41-36)25-7-8-26-22-44(13-11-24(26)19-25)38(47)50-39(2,3)4/h6-10,12,18-21H,1,11,13-17,22-23H2,2-5H3. The van der Waals surface area contributed by atoms with Gasteiger partial charge in [0.25, 0.3) is 0 Å². The average molecular weight is 710 g/mol. The number of hydrogen-bond donors (Lipinski definition) is 0. The van der Waals surface area contributed by atoms with E-state index in [4.69, 9.17) is 24.3 Å². The van der Waals surface area contributed by atoms with Gasteiger partial charge >= 0.3 is 6.09 Å². The van der Waals surface area contributed by atoms with Crippen LogP contribution in [-0.4, -0.2) is 75.6 Å². The van der Waals surface area contributed by atoms with Crippen LogP contribution in [0.25, 0.3) is 43.9 Å². The number of benzene rings is 2. The van der Waals surface area contributed by atoms with Crippen molar-refractivity contribution in [1.82, 2.24) is 24.6 Å². The third kappa shape index (κ3) is 6.98. The molecule has 3 aromatic heterocycles. The summed E-state index contributed by atoms with van der Waals surface area (Å²) in [6.45, 7) is 12.3. The maximum absolute atomic E-state index is 14.7. The van der Waals surface area contributed by atoms with Crippen LogP contribution in [0.4, 0.5) is 9.18 Å². The van der Waals surface area contributed by atoms with E-state index in [9.17, 15) is 14.0 Å². The summed E-state index contributed by atoms with van der Waals surface area (Å²) >= 11 is 1.58. The fourth-order valence-corrected chi connectivity index (χ4v) is 7.58. The van der Waals surface area contributed by atoms with Gasteiger partial charge in [-0.15, -0.1) is 11.3 Å². The number of nitrogens with zero attached hydrogens (tertiary/aromatic N) is 5. The van der Waals surface area contributed by atoms with Crippen LogP contribution in [0.5, 0.6) is 5.75 Å². The van der Waals surface area contributed by atoms with Crippen molar-refractivity contribution in [2.24, 2.45) is 0 Å². The van der Waals surface area contributed by atoms with Crippen molar-refractivity contribution >= 4 is 33.4 Å². The van der Waals surface area contributed by atoms with Crippen LogP contribution >= 0.6 is 11.3 Å². The molecule has 7 rings (SSSR count). The molecule has 0 bridgehead atoms. The molecule has 12 heteroatoms. The van der Waals surface area contributed by atoms with E-state index >= 15 is 0 Å². The summed E-state index contributed by atoms with van der Waals surface area (Å²) in [6, 6.07) is 14.9. The Hall–Kier alpha value is -5.07. The smallest absolute Gasteiger partial charge is 0.410 e. The molecule has 264 valence electrons. The van der Waals surface area contributed by atoms with Crippen molar-refractivity contribution in [1.29, 1.82) is 0 Å². The predicted octanol–water partition coefficient (Wildman–Crippen LogP) is 7.48. The van der Waals surface area contributed by atoms with Gasteiger partial charge < -0.3 is 24.0 Å². The van der Waals surface area contributed by atoms with Crippen molar-refractivity contribution in [2.45, 2.75) is 52.4 Å². The molecule has 0 saturated heterocycles. The Kier molecular flexibility index (Phi) is 9.38. The van der Waals surface area contributed by atoms with Crippen LogP contribution < -0.4 is 4.74 Å². The second-order valence-corrected chi connectivity index (χ2v) is 14.6. The molecule has 0 radical (unpaired) electrons. The summed E-state index contributed by atoms with van der Waals surface area (Å²) in [5.74, 6) is -0.160. The largest absolute Gasteiger partial charge is 0.490 e. The summed E-state index contributed by atoms with van der Waals surface area (Å²) < 4.78 is 34.5. The molecule has 0 saturated carbocycles. The minimum absolute atomic E-state index is 0.129. The van der Waals surface area contributed by atoms with E-state index in [1.807, 2.05) is 36.9 Å². The number of amides is 2. The lowest BCUT2D eigenvalue weighted by molar-refractivity contribution is -0.127. The highest BCUT2D eigenvalue weighted by Crippen LogP contribution is 2.46. The maximum atomic E-state index is 14.7. The summed E-state index contributed by atoms with van der Waals surface area (Å²) in [6.07, 6.45) is 1.70. The van der Waals surface area contributed by atoms with Crippen LogP contribution in [0.15, 0.2) is 66.6 Å². The number of ether oxygens (including phenoxy) is 3. The SMILES string of the molecule is C=CC(=O)N1CCn2nc(-c3nc(-c4ccc5c(c4)CCN(C(=O)OC(C)(C)C)C5)c4ccsc4c3-c3ccc(F)cc3OCCOC)cc2C1. The van der Waals surface area contributed by atoms with Gasteiger partial charge in [-0.3, -0.25) is 9.48 Å². The molecular formula is C39H40FN5O5S. The molecule has 51 heavy (non-hydrogen) atoms. The summed E-state index contributed by atoms with van der Waals surface area (Å²) in [7, 11) is 1.59. The van der Waals surface area contributed by atoms with E-state index in [-0.39, 0.29) is 18.6 Å². The zero-order valence-corrected chi connectivity index (χ0v) is 30.0. The van der Waals surface area contributed by atoms with Crippen molar-refractivity contribution in [3.63, 3.8) is 0 Å². The zero-order chi connectivity index (χ0) is 35.9. The average Bonchev–Trinajstić information content (AvgIpc) is 3.77. The van der Waals surface area contributed by atoms with Gasteiger partial charge in [-0.1, -0.05) is 18.7 Å². The zero-order valence-electron chi connectivity index (χ0n) is 29.2. The number of methoxy groups -OCH3 is 1. The number of rotatable bonds is 8.